The molecule has 0 spiro atoms. The zero-order valence-corrected chi connectivity index (χ0v) is 23.4. The molecule has 0 aliphatic carbocycles. The number of carbonyl (C=O) groups is 1. The number of nitrogens with one attached hydrogen (secondary N) is 2. The second-order valence-corrected chi connectivity index (χ2v) is 11.7. The smallest absolute Gasteiger partial charge is 0.243 e. The molecule has 192 valence electrons. The van der Waals surface area contributed by atoms with Crippen molar-refractivity contribution in [3.63, 3.8) is 0 Å². The fourth-order valence-electron chi connectivity index (χ4n) is 3.60. The van der Waals surface area contributed by atoms with E-state index in [1.807, 2.05) is 41.8 Å². The molecule has 4 rings (SSSR count). The van der Waals surface area contributed by atoms with Gasteiger partial charge in [-0.2, -0.15) is 4.31 Å². The number of amides is 1. The maximum Gasteiger partial charge on any atom is 0.243 e. The summed E-state index contributed by atoms with van der Waals surface area (Å²) in [5.41, 5.74) is 2.72. The van der Waals surface area contributed by atoms with Gasteiger partial charge in [0.2, 0.25) is 15.9 Å². The van der Waals surface area contributed by atoms with Gasteiger partial charge in [0.05, 0.1) is 29.9 Å². The lowest BCUT2D eigenvalue weighted by atomic mass is 10.1. The first-order valence-electron chi connectivity index (χ1n) is 11.2. The second kappa shape index (κ2) is 11.9. The molecule has 1 aromatic heterocycles. The predicted octanol–water partition coefficient (Wildman–Crippen LogP) is 5.45. The summed E-state index contributed by atoms with van der Waals surface area (Å²) in [6.07, 6.45) is 0. The van der Waals surface area contributed by atoms with E-state index < -0.39 is 15.9 Å². The Morgan fingerprint density at radius 2 is 1.81 bits per heavy atom. The van der Waals surface area contributed by atoms with Crippen LogP contribution >= 0.6 is 27.3 Å². The zero-order chi connectivity index (χ0) is 26.4. The maximum absolute atomic E-state index is 13.5. The van der Waals surface area contributed by atoms with Gasteiger partial charge in [0, 0.05) is 29.0 Å². The minimum Gasteiger partial charge on any atom is -0.495 e. The van der Waals surface area contributed by atoms with Crippen LogP contribution in [0, 0.1) is 0 Å². The van der Waals surface area contributed by atoms with E-state index in [4.69, 9.17) is 4.74 Å². The fraction of sp³-hybridized carbons (Fsp3) is 0.154. The van der Waals surface area contributed by atoms with Crippen molar-refractivity contribution in [2.75, 3.05) is 31.3 Å². The average molecular weight is 602 g/mol. The van der Waals surface area contributed by atoms with Crippen molar-refractivity contribution in [1.29, 1.82) is 0 Å². The van der Waals surface area contributed by atoms with Crippen LogP contribution in [-0.2, 0) is 21.4 Å². The first kappa shape index (κ1) is 26.8. The lowest BCUT2D eigenvalue weighted by Gasteiger charge is -2.22. The molecule has 1 heterocycles. The Labute approximate surface area is 228 Å². The third kappa shape index (κ3) is 6.55. The van der Waals surface area contributed by atoms with E-state index in [2.05, 4.69) is 31.5 Å². The number of thiazole rings is 1. The molecule has 2 N–H and O–H groups in total. The molecule has 0 unspecified atom stereocenters. The summed E-state index contributed by atoms with van der Waals surface area (Å²) in [6.45, 7) is -0.350. The van der Waals surface area contributed by atoms with Crippen LogP contribution in [0.5, 0.6) is 5.75 Å². The number of nitrogens with zero attached hydrogens (tertiary/aromatic N) is 2. The minimum atomic E-state index is -3.97. The molecule has 37 heavy (non-hydrogen) atoms. The van der Waals surface area contributed by atoms with E-state index in [-0.39, 0.29) is 18.0 Å². The lowest BCUT2D eigenvalue weighted by molar-refractivity contribution is -0.116. The number of ether oxygens (including phenoxy) is 1. The first-order valence-corrected chi connectivity index (χ1v) is 14.3. The molecular weight excluding hydrogens is 576 g/mol. The second-order valence-electron chi connectivity index (χ2n) is 7.96. The SMILES string of the molecule is CNc1nc(-c2ccc(OC)c(NC(=O)CN(Cc3ccccc3)S(=O)(=O)c3ccc(Br)cc3)c2)cs1. The molecule has 0 saturated heterocycles. The third-order valence-corrected chi connectivity index (χ3v) is 8.65. The Morgan fingerprint density at radius 1 is 1.08 bits per heavy atom. The molecule has 1 amide bonds. The van der Waals surface area contributed by atoms with Gasteiger partial charge in [-0.1, -0.05) is 46.3 Å². The highest BCUT2D eigenvalue weighted by Crippen LogP contribution is 2.32. The number of hydrogen-bond donors (Lipinski definition) is 2. The first-order chi connectivity index (χ1) is 17.8. The van der Waals surface area contributed by atoms with Gasteiger partial charge in [0.1, 0.15) is 5.75 Å². The summed E-state index contributed by atoms with van der Waals surface area (Å²) in [7, 11) is -0.662. The van der Waals surface area contributed by atoms with E-state index in [9.17, 15) is 13.2 Å². The van der Waals surface area contributed by atoms with E-state index in [0.29, 0.717) is 11.4 Å². The number of hydrogen-bond acceptors (Lipinski definition) is 7. The van der Waals surface area contributed by atoms with Gasteiger partial charge in [0.25, 0.3) is 0 Å². The van der Waals surface area contributed by atoms with Crippen molar-refractivity contribution >= 4 is 54.0 Å². The highest BCUT2D eigenvalue weighted by molar-refractivity contribution is 9.10. The molecule has 0 atom stereocenters. The van der Waals surface area contributed by atoms with E-state index in [1.165, 1.54) is 30.6 Å². The largest absolute Gasteiger partial charge is 0.495 e. The van der Waals surface area contributed by atoms with E-state index >= 15 is 0 Å². The Balaban J connectivity index is 1.61. The molecule has 0 saturated carbocycles. The molecule has 0 radical (unpaired) electrons. The van der Waals surface area contributed by atoms with Crippen molar-refractivity contribution in [3.05, 3.63) is 88.2 Å². The van der Waals surface area contributed by atoms with Crippen molar-refractivity contribution < 1.29 is 17.9 Å². The molecule has 11 heteroatoms. The summed E-state index contributed by atoms with van der Waals surface area (Å²) in [5.74, 6) is -0.0483. The predicted molar refractivity (Wildman–Crippen MR) is 150 cm³/mol. The average Bonchev–Trinajstić information content (AvgIpc) is 3.39. The van der Waals surface area contributed by atoms with E-state index in [1.54, 1.807) is 31.3 Å². The van der Waals surface area contributed by atoms with Gasteiger partial charge in [-0.25, -0.2) is 13.4 Å². The van der Waals surface area contributed by atoms with Crippen LogP contribution in [0.3, 0.4) is 0 Å². The highest BCUT2D eigenvalue weighted by Gasteiger charge is 2.27. The number of halogens is 1. The van der Waals surface area contributed by atoms with Crippen molar-refractivity contribution in [1.82, 2.24) is 9.29 Å². The fourth-order valence-corrected chi connectivity index (χ4v) is 5.93. The topological polar surface area (TPSA) is 101 Å². The zero-order valence-electron chi connectivity index (χ0n) is 20.1. The monoisotopic (exact) mass is 600 g/mol. The van der Waals surface area contributed by atoms with Gasteiger partial charge in [-0.3, -0.25) is 4.79 Å². The van der Waals surface area contributed by atoms with Crippen LogP contribution in [0.1, 0.15) is 5.56 Å². The van der Waals surface area contributed by atoms with E-state index in [0.717, 1.165) is 30.7 Å². The lowest BCUT2D eigenvalue weighted by Crippen LogP contribution is -2.37. The summed E-state index contributed by atoms with van der Waals surface area (Å²) in [5, 5.41) is 8.51. The number of sulfonamides is 1. The standard InChI is InChI=1S/C26H25BrN4O4S2/c1-28-26-30-23(17-36-26)19-8-13-24(35-2)22(14-19)29-25(32)16-31(15-18-6-4-3-5-7-18)37(33,34)21-11-9-20(27)10-12-21/h3-14,17H,15-16H2,1-2H3,(H,28,30)(H,29,32). The number of carbonyl (C=O) groups excluding carboxylic acids is 1. The number of aromatic nitrogens is 1. The Kier molecular flexibility index (Phi) is 8.59. The van der Waals surface area contributed by atoms with Gasteiger partial charge in [0.15, 0.2) is 5.13 Å². The quantitative estimate of drug-likeness (QED) is 0.251. The summed E-state index contributed by atoms with van der Waals surface area (Å²) < 4.78 is 34.4. The molecule has 3 aromatic carbocycles. The van der Waals surface area contributed by atoms with Gasteiger partial charge >= 0.3 is 0 Å². The minimum absolute atomic E-state index is 0.0372. The Morgan fingerprint density at radius 3 is 2.46 bits per heavy atom. The van der Waals surface area contributed by atoms with Crippen LogP contribution in [-0.4, -0.2) is 44.3 Å². The molecule has 4 aromatic rings. The molecule has 0 bridgehead atoms. The van der Waals surface area contributed by atoms with Crippen LogP contribution in [0.15, 0.2) is 87.5 Å². The van der Waals surface area contributed by atoms with Crippen LogP contribution in [0.25, 0.3) is 11.3 Å². The van der Waals surface area contributed by atoms with Crippen LogP contribution in [0.2, 0.25) is 0 Å². The van der Waals surface area contributed by atoms with Gasteiger partial charge in [-0.15, -0.1) is 11.3 Å². The highest BCUT2D eigenvalue weighted by atomic mass is 79.9. The molecule has 0 aliphatic rings. The maximum atomic E-state index is 13.5. The Bertz CT molecular complexity index is 1480. The number of rotatable bonds is 10. The van der Waals surface area contributed by atoms with Crippen LogP contribution < -0.4 is 15.4 Å². The number of anilines is 2. The summed E-state index contributed by atoms with van der Waals surface area (Å²) >= 11 is 4.80. The molecular formula is C26H25BrN4O4S2. The Hall–Kier alpha value is -3.25. The third-order valence-electron chi connectivity index (χ3n) is 5.46. The normalized spacial score (nSPS) is 11.4. The van der Waals surface area contributed by atoms with Gasteiger partial charge in [-0.05, 0) is 48.0 Å². The molecule has 0 aliphatic heterocycles. The number of benzene rings is 3. The summed E-state index contributed by atoms with van der Waals surface area (Å²) in [6, 6.07) is 20.8. The molecule has 8 nitrogen and oxygen atoms in total. The van der Waals surface area contributed by atoms with Crippen molar-refractivity contribution in [2.45, 2.75) is 11.4 Å². The van der Waals surface area contributed by atoms with Crippen molar-refractivity contribution in [3.8, 4) is 17.0 Å². The van der Waals surface area contributed by atoms with Crippen molar-refractivity contribution in [2.24, 2.45) is 0 Å². The summed E-state index contributed by atoms with van der Waals surface area (Å²) in [4.78, 5) is 17.8. The molecule has 0 fully saturated rings. The van der Waals surface area contributed by atoms with Gasteiger partial charge < -0.3 is 15.4 Å². The van der Waals surface area contributed by atoms with Crippen LogP contribution in [0.4, 0.5) is 10.8 Å². The number of methoxy groups -OCH3 is 1.